The number of pyridine rings is 1. The number of carbonyl (C=O) groups excluding carboxylic acids is 1. The van der Waals surface area contributed by atoms with Crippen LogP contribution < -0.4 is 10.3 Å². The van der Waals surface area contributed by atoms with Gasteiger partial charge in [-0.1, -0.05) is 6.42 Å². The van der Waals surface area contributed by atoms with Crippen molar-refractivity contribution in [2.45, 2.75) is 32.2 Å². The molecule has 104 valence electrons. The topological polar surface area (TPSA) is 51.5 Å². The summed E-state index contributed by atoms with van der Waals surface area (Å²) < 4.78 is 6.97. The maximum Gasteiger partial charge on any atom is 0.258 e. The second-order valence-corrected chi connectivity index (χ2v) is 5.03. The number of ether oxygens (including phenoxy) is 1. The van der Waals surface area contributed by atoms with E-state index in [2.05, 4.69) is 0 Å². The van der Waals surface area contributed by atoms with Gasteiger partial charge in [-0.3, -0.25) is 9.59 Å². The molecule has 0 saturated heterocycles. The van der Waals surface area contributed by atoms with Crippen LogP contribution in [-0.4, -0.2) is 36.6 Å². The molecule has 0 fully saturated rings. The summed E-state index contributed by atoms with van der Waals surface area (Å²) in [6.45, 7) is 0.686. The van der Waals surface area contributed by atoms with Gasteiger partial charge in [-0.15, -0.1) is 0 Å². The minimum Gasteiger partial charge on any atom is -0.496 e. The normalized spacial score (nSPS) is 14.5. The summed E-state index contributed by atoms with van der Waals surface area (Å²) in [6.07, 6.45) is 3.82. The SMILES string of the molecule is COc1cc(=O)n2c(c1C(=O)N(C)C)CCCCC2. The van der Waals surface area contributed by atoms with Crippen LogP contribution in [0, 0.1) is 0 Å². The fourth-order valence-corrected chi connectivity index (χ4v) is 2.53. The fourth-order valence-electron chi connectivity index (χ4n) is 2.53. The molecule has 2 rings (SSSR count). The van der Waals surface area contributed by atoms with Crippen molar-refractivity contribution < 1.29 is 9.53 Å². The molecule has 0 saturated carbocycles. The Morgan fingerprint density at radius 1 is 1.32 bits per heavy atom. The van der Waals surface area contributed by atoms with E-state index in [1.807, 2.05) is 0 Å². The number of nitrogens with zero attached hydrogens (tertiary/aromatic N) is 2. The number of aromatic nitrogens is 1. The summed E-state index contributed by atoms with van der Waals surface area (Å²) in [5.41, 5.74) is 1.28. The molecule has 0 bridgehead atoms. The Kier molecular flexibility index (Phi) is 3.93. The average Bonchev–Trinajstić information content (AvgIpc) is 2.63. The quantitative estimate of drug-likeness (QED) is 0.808. The highest BCUT2D eigenvalue weighted by Gasteiger charge is 2.24. The molecule has 2 heterocycles. The molecule has 1 aliphatic heterocycles. The highest BCUT2D eigenvalue weighted by Crippen LogP contribution is 2.25. The van der Waals surface area contributed by atoms with E-state index < -0.39 is 0 Å². The van der Waals surface area contributed by atoms with Crippen LogP contribution in [0.5, 0.6) is 5.75 Å². The second kappa shape index (κ2) is 5.47. The van der Waals surface area contributed by atoms with Gasteiger partial charge in [0.05, 0.1) is 7.11 Å². The molecule has 0 N–H and O–H groups in total. The number of hydrogen-bond acceptors (Lipinski definition) is 3. The number of amides is 1. The third kappa shape index (κ3) is 2.50. The van der Waals surface area contributed by atoms with E-state index in [1.54, 1.807) is 18.7 Å². The first kappa shape index (κ1) is 13.6. The van der Waals surface area contributed by atoms with Crippen molar-refractivity contribution in [3.05, 3.63) is 27.7 Å². The van der Waals surface area contributed by atoms with Crippen molar-refractivity contribution in [2.24, 2.45) is 0 Å². The van der Waals surface area contributed by atoms with Gasteiger partial charge in [0.25, 0.3) is 11.5 Å². The van der Waals surface area contributed by atoms with Crippen molar-refractivity contribution in [3.8, 4) is 5.75 Å². The minimum absolute atomic E-state index is 0.0796. The molecule has 1 aromatic rings. The van der Waals surface area contributed by atoms with E-state index in [1.165, 1.54) is 18.1 Å². The smallest absolute Gasteiger partial charge is 0.258 e. The first-order valence-electron chi connectivity index (χ1n) is 6.58. The van der Waals surface area contributed by atoms with E-state index in [0.717, 1.165) is 31.4 Å². The van der Waals surface area contributed by atoms with Crippen molar-refractivity contribution in [1.29, 1.82) is 0 Å². The first-order chi connectivity index (χ1) is 9.06. The summed E-state index contributed by atoms with van der Waals surface area (Å²) in [5.74, 6) is 0.277. The molecule has 0 aromatic carbocycles. The lowest BCUT2D eigenvalue weighted by atomic mass is 10.1. The third-order valence-electron chi connectivity index (χ3n) is 3.52. The monoisotopic (exact) mass is 264 g/mol. The average molecular weight is 264 g/mol. The zero-order valence-electron chi connectivity index (χ0n) is 11.7. The van der Waals surface area contributed by atoms with Gasteiger partial charge in [0.1, 0.15) is 11.3 Å². The summed E-state index contributed by atoms with van der Waals surface area (Å²) in [7, 11) is 4.91. The van der Waals surface area contributed by atoms with E-state index in [4.69, 9.17) is 4.74 Å². The first-order valence-corrected chi connectivity index (χ1v) is 6.58. The highest BCUT2D eigenvalue weighted by molar-refractivity contribution is 5.97. The van der Waals surface area contributed by atoms with Gasteiger partial charge in [-0.05, 0) is 19.3 Å². The van der Waals surface area contributed by atoms with Crippen LogP contribution in [0.15, 0.2) is 10.9 Å². The molecule has 1 aliphatic rings. The van der Waals surface area contributed by atoms with Gasteiger partial charge in [0, 0.05) is 32.4 Å². The van der Waals surface area contributed by atoms with Crippen LogP contribution in [0.25, 0.3) is 0 Å². The Morgan fingerprint density at radius 2 is 2.05 bits per heavy atom. The number of methoxy groups -OCH3 is 1. The Hall–Kier alpha value is -1.78. The molecule has 0 aliphatic carbocycles. The molecule has 5 heteroatoms. The van der Waals surface area contributed by atoms with E-state index in [9.17, 15) is 9.59 Å². The lowest BCUT2D eigenvalue weighted by molar-refractivity contribution is 0.0822. The Labute approximate surface area is 112 Å². The molecule has 19 heavy (non-hydrogen) atoms. The predicted octanol–water partition coefficient (Wildman–Crippen LogP) is 1.29. The third-order valence-corrected chi connectivity index (χ3v) is 3.52. The van der Waals surface area contributed by atoms with Crippen LogP contribution in [0.2, 0.25) is 0 Å². The van der Waals surface area contributed by atoms with Gasteiger partial charge in [0.15, 0.2) is 0 Å². The lowest BCUT2D eigenvalue weighted by Gasteiger charge is -2.19. The van der Waals surface area contributed by atoms with Crippen molar-refractivity contribution in [2.75, 3.05) is 21.2 Å². The van der Waals surface area contributed by atoms with Crippen LogP contribution in [-0.2, 0) is 13.0 Å². The van der Waals surface area contributed by atoms with E-state index in [0.29, 0.717) is 17.9 Å². The zero-order chi connectivity index (χ0) is 14.0. The number of fused-ring (bicyclic) bond motifs is 1. The van der Waals surface area contributed by atoms with Gasteiger partial charge in [-0.2, -0.15) is 0 Å². The summed E-state index contributed by atoms with van der Waals surface area (Å²) in [6, 6.07) is 1.42. The molecule has 0 radical (unpaired) electrons. The van der Waals surface area contributed by atoms with Gasteiger partial charge >= 0.3 is 0 Å². The Morgan fingerprint density at radius 3 is 2.68 bits per heavy atom. The van der Waals surface area contributed by atoms with Gasteiger partial charge in [-0.25, -0.2) is 0 Å². The largest absolute Gasteiger partial charge is 0.496 e. The lowest BCUT2D eigenvalue weighted by Crippen LogP contribution is -2.30. The minimum atomic E-state index is -0.109. The summed E-state index contributed by atoms with van der Waals surface area (Å²) >= 11 is 0. The standard InChI is InChI=1S/C14H20N2O3/c1-15(2)14(18)13-10-7-5-4-6-8-16(10)12(17)9-11(13)19-3/h9H,4-8H2,1-3H3. The van der Waals surface area contributed by atoms with Crippen molar-refractivity contribution >= 4 is 5.91 Å². The van der Waals surface area contributed by atoms with Crippen LogP contribution in [0.4, 0.5) is 0 Å². The Balaban J connectivity index is 2.68. The molecule has 1 aromatic heterocycles. The molecule has 0 spiro atoms. The molecular formula is C14H20N2O3. The number of hydrogen-bond donors (Lipinski definition) is 0. The highest BCUT2D eigenvalue weighted by atomic mass is 16.5. The van der Waals surface area contributed by atoms with Gasteiger partial charge in [0.2, 0.25) is 0 Å². The van der Waals surface area contributed by atoms with Crippen LogP contribution >= 0.6 is 0 Å². The zero-order valence-corrected chi connectivity index (χ0v) is 11.7. The molecule has 5 nitrogen and oxygen atoms in total. The molecule has 0 unspecified atom stereocenters. The fraction of sp³-hybridized carbons (Fsp3) is 0.571. The molecule has 0 atom stereocenters. The van der Waals surface area contributed by atoms with E-state index >= 15 is 0 Å². The molecule has 1 amide bonds. The summed E-state index contributed by atoms with van der Waals surface area (Å²) in [5, 5.41) is 0. The number of rotatable bonds is 2. The van der Waals surface area contributed by atoms with Crippen molar-refractivity contribution in [1.82, 2.24) is 9.47 Å². The van der Waals surface area contributed by atoms with E-state index in [-0.39, 0.29) is 11.5 Å². The van der Waals surface area contributed by atoms with Crippen LogP contribution in [0.3, 0.4) is 0 Å². The predicted molar refractivity (Wildman–Crippen MR) is 72.8 cm³/mol. The maximum atomic E-state index is 12.4. The summed E-state index contributed by atoms with van der Waals surface area (Å²) in [4.78, 5) is 26.0. The van der Waals surface area contributed by atoms with Crippen LogP contribution in [0.1, 0.15) is 35.3 Å². The van der Waals surface area contributed by atoms with Crippen molar-refractivity contribution in [3.63, 3.8) is 0 Å². The van der Waals surface area contributed by atoms with Gasteiger partial charge < -0.3 is 14.2 Å². The Bertz CT molecular complexity index is 546. The number of carbonyl (C=O) groups is 1. The molecular weight excluding hydrogens is 244 g/mol. The second-order valence-electron chi connectivity index (χ2n) is 5.03. The maximum absolute atomic E-state index is 12.4.